The van der Waals surface area contributed by atoms with Crippen LogP contribution < -0.4 is 5.32 Å². The van der Waals surface area contributed by atoms with Crippen LogP contribution in [-0.2, 0) is 16.8 Å². The number of thiophene rings is 1. The molecule has 0 bridgehead atoms. The molecule has 1 saturated carbocycles. The van der Waals surface area contributed by atoms with Gasteiger partial charge in [0.15, 0.2) is 0 Å². The molecular weight excluding hydrogens is 294 g/mol. The van der Waals surface area contributed by atoms with Crippen molar-refractivity contribution in [2.75, 3.05) is 0 Å². The third-order valence-electron chi connectivity index (χ3n) is 4.56. The van der Waals surface area contributed by atoms with Gasteiger partial charge >= 0.3 is 0 Å². The maximum absolute atomic E-state index is 13.0. The average molecular weight is 317 g/mol. The third-order valence-corrected chi connectivity index (χ3v) is 5.63. The minimum Gasteiger partial charge on any atom is -0.351 e. The lowest BCUT2D eigenvalue weighted by molar-refractivity contribution is -0.128. The van der Waals surface area contributed by atoms with E-state index >= 15 is 0 Å². The summed E-state index contributed by atoms with van der Waals surface area (Å²) in [5.74, 6) is 0.197. The van der Waals surface area contributed by atoms with E-state index in [1.165, 1.54) is 11.3 Å². The molecule has 2 aromatic heterocycles. The Kier molecular flexibility index (Phi) is 4.62. The van der Waals surface area contributed by atoms with Crippen LogP contribution in [0.4, 0.5) is 0 Å². The summed E-state index contributed by atoms with van der Waals surface area (Å²) in [4.78, 5) is 18.3. The predicted octanol–water partition coefficient (Wildman–Crippen LogP) is 3.35. The SMILES string of the molecule is C[C@@H](Cn1ccnc1)NC(=O)C1(c2cccs2)CCCCC1. The lowest BCUT2D eigenvalue weighted by Gasteiger charge is -2.36. The average Bonchev–Trinajstić information content (AvgIpc) is 3.21. The van der Waals surface area contributed by atoms with Crippen molar-refractivity contribution < 1.29 is 4.79 Å². The van der Waals surface area contributed by atoms with Gasteiger partial charge in [-0.2, -0.15) is 0 Å². The highest BCUT2D eigenvalue weighted by Crippen LogP contribution is 2.41. The summed E-state index contributed by atoms with van der Waals surface area (Å²) in [6, 6.07) is 4.27. The van der Waals surface area contributed by atoms with Crippen LogP contribution in [0.2, 0.25) is 0 Å². The molecule has 22 heavy (non-hydrogen) atoms. The van der Waals surface area contributed by atoms with E-state index < -0.39 is 0 Å². The number of imidazole rings is 1. The van der Waals surface area contributed by atoms with E-state index in [1.54, 1.807) is 23.9 Å². The minimum absolute atomic E-state index is 0.0977. The number of nitrogens with one attached hydrogen (secondary N) is 1. The highest BCUT2D eigenvalue weighted by Gasteiger charge is 2.42. The Labute approximate surface area is 135 Å². The van der Waals surface area contributed by atoms with Gasteiger partial charge in [-0.15, -0.1) is 11.3 Å². The van der Waals surface area contributed by atoms with E-state index in [-0.39, 0.29) is 17.4 Å². The first kappa shape index (κ1) is 15.3. The van der Waals surface area contributed by atoms with E-state index in [2.05, 4.69) is 34.7 Å². The standard InChI is InChI=1S/C17H23N3OS/c1-14(12-20-10-9-18-13-20)19-16(21)17(7-3-2-4-8-17)15-6-5-11-22-15/h5-6,9-11,13-14H,2-4,7-8,12H2,1H3,(H,19,21)/t14-/m0/s1. The Morgan fingerprint density at radius 2 is 2.27 bits per heavy atom. The fraction of sp³-hybridized carbons (Fsp3) is 0.529. The molecular formula is C17H23N3OS. The molecule has 0 aromatic carbocycles. The summed E-state index contributed by atoms with van der Waals surface area (Å²) in [6.45, 7) is 2.81. The molecule has 0 radical (unpaired) electrons. The molecule has 1 amide bonds. The van der Waals surface area contributed by atoms with Crippen LogP contribution in [0.15, 0.2) is 36.2 Å². The zero-order valence-electron chi connectivity index (χ0n) is 13.0. The van der Waals surface area contributed by atoms with Crippen LogP contribution in [-0.4, -0.2) is 21.5 Å². The highest BCUT2D eigenvalue weighted by molar-refractivity contribution is 7.10. The normalized spacial score (nSPS) is 18.8. The van der Waals surface area contributed by atoms with Crippen LogP contribution in [0.3, 0.4) is 0 Å². The lowest BCUT2D eigenvalue weighted by Crippen LogP contribution is -2.49. The summed E-state index contributed by atoms with van der Waals surface area (Å²) in [5.41, 5.74) is -0.310. The van der Waals surface area contributed by atoms with Gasteiger partial charge in [0.05, 0.1) is 11.7 Å². The van der Waals surface area contributed by atoms with Gasteiger partial charge in [-0.1, -0.05) is 25.3 Å². The Hall–Kier alpha value is -1.62. The van der Waals surface area contributed by atoms with E-state index in [1.807, 2.05) is 10.8 Å². The number of carbonyl (C=O) groups excluding carboxylic acids is 1. The van der Waals surface area contributed by atoms with Crippen molar-refractivity contribution in [2.24, 2.45) is 0 Å². The van der Waals surface area contributed by atoms with Crippen molar-refractivity contribution in [3.05, 3.63) is 41.1 Å². The van der Waals surface area contributed by atoms with Crippen molar-refractivity contribution in [1.82, 2.24) is 14.9 Å². The van der Waals surface area contributed by atoms with Crippen molar-refractivity contribution in [2.45, 2.75) is 57.0 Å². The summed E-state index contributed by atoms with van der Waals surface area (Å²) < 4.78 is 2.00. The van der Waals surface area contributed by atoms with Crippen LogP contribution in [0, 0.1) is 0 Å². The van der Waals surface area contributed by atoms with E-state index in [9.17, 15) is 4.79 Å². The summed E-state index contributed by atoms with van der Waals surface area (Å²) in [7, 11) is 0. The van der Waals surface area contributed by atoms with Gasteiger partial charge in [0.2, 0.25) is 5.91 Å². The zero-order chi connectivity index (χ0) is 15.4. The number of aromatic nitrogens is 2. The number of amides is 1. The smallest absolute Gasteiger partial charge is 0.231 e. The molecule has 1 aliphatic carbocycles. The summed E-state index contributed by atoms with van der Waals surface area (Å²) in [5, 5.41) is 5.31. The molecule has 118 valence electrons. The van der Waals surface area contributed by atoms with Crippen molar-refractivity contribution in [1.29, 1.82) is 0 Å². The minimum atomic E-state index is -0.310. The second kappa shape index (κ2) is 6.65. The van der Waals surface area contributed by atoms with Gasteiger partial charge in [-0.25, -0.2) is 4.98 Å². The Bertz CT molecular complexity index is 585. The Morgan fingerprint density at radius 1 is 1.45 bits per heavy atom. The second-order valence-corrected chi connectivity index (χ2v) is 7.20. The summed E-state index contributed by atoms with van der Waals surface area (Å²) >= 11 is 1.71. The second-order valence-electron chi connectivity index (χ2n) is 6.25. The maximum atomic E-state index is 13.0. The molecule has 1 fully saturated rings. The first-order valence-electron chi connectivity index (χ1n) is 8.01. The molecule has 5 heteroatoms. The number of nitrogens with zero attached hydrogens (tertiary/aromatic N) is 2. The monoisotopic (exact) mass is 317 g/mol. The molecule has 2 heterocycles. The molecule has 1 N–H and O–H groups in total. The van der Waals surface area contributed by atoms with Crippen molar-refractivity contribution in [3.63, 3.8) is 0 Å². The molecule has 0 aliphatic heterocycles. The van der Waals surface area contributed by atoms with Crippen LogP contribution in [0.5, 0.6) is 0 Å². The Balaban J connectivity index is 1.72. The molecule has 1 aliphatic rings. The van der Waals surface area contributed by atoms with E-state index in [0.717, 1.165) is 32.2 Å². The van der Waals surface area contributed by atoms with Gasteiger partial charge < -0.3 is 9.88 Å². The van der Waals surface area contributed by atoms with Gasteiger partial charge in [-0.05, 0) is 31.2 Å². The zero-order valence-corrected chi connectivity index (χ0v) is 13.8. The van der Waals surface area contributed by atoms with Crippen molar-refractivity contribution >= 4 is 17.2 Å². The molecule has 1 atom stereocenters. The largest absolute Gasteiger partial charge is 0.351 e. The van der Waals surface area contributed by atoms with Gasteiger partial charge in [0.1, 0.15) is 0 Å². The van der Waals surface area contributed by atoms with Crippen molar-refractivity contribution in [3.8, 4) is 0 Å². The molecule has 2 aromatic rings. The number of hydrogen-bond acceptors (Lipinski definition) is 3. The predicted molar refractivity (Wildman–Crippen MR) is 88.9 cm³/mol. The van der Waals surface area contributed by atoms with Gasteiger partial charge in [-0.3, -0.25) is 4.79 Å². The topological polar surface area (TPSA) is 46.9 Å². The first-order chi connectivity index (χ1) is 10.7. The number of hydrogen-bond donors (Lipinski definition) is 1. The van der Waals surface area contributed by atoms with Crippen LogP contribution in [0.1, 0.15) is 43.9 Å². The van der Waals surface area contributed by atoms with Crippen LogP contribution in [0.25, 0.3) is 0 Å². The van der Waals surface area contributed by atoms with E-state index in [0.29, 0.717) is 0 Å². The third kappa shape index (κ3) is 3.09. The fourth-order valence-corrected chi connectivity index (χ4v) is 4.39. The molecule has 0 saturated heterocycles. The quantitative estimate of drug-likeness (QED) is 0.919. The highest BCUT2D eigenvalue weighted by atomic mass is 32.1. The molecule has 0 unspecified atom stereocenters. The number of rotatable bonds is 5. The molecule has 3 rings (SSSR count). The van der Waals surface area contributed by atoms with Gasteiger partial charge in [0.25, 0.3) is 0 Å². The maximum Gasteiger partial charge on any atom is 0.231 e. The van der Waals surface area contributed by atoms with Gasteiger partial charge in [0, 0.05) is 29.9 Å². The van der Waals surface area contributed by atoms with Crippen LogP contribution >= 0.6 is 11.3 Å². The fourth-order valence-electron chi connectivity index (χ4n) is 3.41. The lowest BCUT2D eigenvalue weighted by atomic mass is 9.72. The molecule has 0 spiro atoms. The Morgan fingerprint density at radius 3 is 2.91 bits per heavy atom. The molecule has 4 nitrogen and oxygen atoms in total. The summed E-state index contributed by atoms with van der Waals surface area (Å²) in [6.07, 6.45) is 10.9. The number of carbonyl (C=O) groups is 1. The van der Waals surface area contributed by atoms with E-state index in [4.69, 9.17) is 0 Å². The first-order valence-corrected chi connectivity index (χ1v) is 8.89.